The van der Waals surface area contributed by atoms with Gasteiger partial charge >= 0.3 is 0 Å². The van der Waals surface area contributed by atoms with Crippen LogP contribution in [0.2, 0.25) is 0 Å². The standard InChI is InChI=1S/C18H18N2O4/c1-23-15-8-7-13(9-16(15)24-2)18(22)19-20-11-14-6-4-3-5-12(14)10-17(20)21/h3-9H,10-11H2,1-2H3,(H,19,22). The number of carbonyl (C=O) groups excluding carboxylic acids is 2. The minimum absolute atomic E-state index is 0.137. The minimum Gasteiger partial charge on any atom is -0.493 e. The number of nitrogens with one attached hydrogen (secondary N) is 1. The van der Waals surface area contributed by atoms with E-state index < -0.39 is 0 Å². The molecular weight excluding hydrogens is 308 g/mol. The van der Waals surface area contributed by atoms with Crippen LogP contribution in [-0.4, -0.2) is 31.0 Å². The fourth-order valence-corrected chi connectivity index (χ4v) is 2.67. The lowest BCUT2D eigenvalue weighted by atomic mass is 10.0. The molecule has 1 aliphatic heterocycles. The first-order valence-corrected chi connectivity index (χ1v) is 7.52. The van der Waals surface area contributed by atoms with Gasteiger partial charge in [0.05, 0.1) is 27.2 Å². The average molecular weight is 326 g/mol. The molecule has 1 heterocycles. The summed E-state index contributed by atoms with van der Waals surface area (Å²) in [5.74, 6) is 0.490. The summed E-state index contributed by atoms with van der Waals surface area (Å²) < 4.78 is 10.4. The number of fused-ring (bicyclic) bond motifs is 1. The number of rotatable bonds is 4. The highest BCUT2D eigenvalue weighted by molar-refractivity contribution is 5.96. The first kappa shape index (κ1) is 15.9. The molecule has 24 heavy (non-hydrogen) atoms. The van der Waals surface area contributed by atoms with Gasteiger partial charge in [0, 0.05) is 5.56 Å². The lowest BCUT2D eigenvalue weighted by Gasteiger charge is -2.28. The van der Waals surface area contributed by atoms with Crippen LogP contribution in [0.1, 0.15) is 21.5 Å². The summed E-state index contributed by atoms with van der Waals surface area (Å²) in [5, 5.41) is 1.35. The molecule has 2 amide bonds. The van der Waals surface area contributed by atoms with Gasteiger partial charge in [-0.05, 0) is 29.3 Å². The highest BCUT2D eigenvalue weighted by Gasteiger charge is 2.24. The Hall–Kier alpha value is -3.02. The SMILES string of the molecule is COc1ccc(C(=O)NN2Cc3ccccc3CC2=O)cc1OC. The number of benzene rings is 2. The molecule has 6 heteroatoms. The average Bonchev–Trinajstić information content (AvgIpc) is 2.61. The number of hydrogen-bond donors (Lipinski definition) is 1. The molecule has 124 valence electrons. The van der Waals surface area contributed by atoms with Gasteiger partial charge in [0.25, 0.3) is 5.91 Å². The van der Waals surface area contributed by atoms with E-state index >= 15 is 0 Å². The Kier molecular flexibility index (Phi) is 4.37. The Morgan fingerprint density at radius 3 is 2.46 bits per heavy atom. The Morgan fingerprint density at radius 1 is 1.04 bits per heavy atom. The van der Waals surface area contributed by atoms with E-state index in [0.717, 1.165) is 11.1 Å². The zero-order valence-electron chi connectivity index (χ0n) is 13.5. The van der Waals surface area contributed by atoms with Gasteiger partial charge in [-0.3, -0.25) is 15.0 Å². The number of ether oxygens (including phenoxy) is 2. The van der Waals surface area contributed by atoms with Crippen molar-refractivity contribution >= 4 is 11.8 Å². The Balaban J connectivity index is 1.77. The molecule has 3 rings (SSSR count). The summed E-state index contributed by atoms with van der Waals surface area (Å²) in [6, 6.07) is 12.6. The van der Waals surface area contributed by atoms with Crippen molar-refractivity contribution in [3.05, 3.63) is 59.2 Å². The van der Waals surface area contributed by atoms with Gasteiger partial charge in [-0.25, -0.2) is 5.01 Å². The van der Waals surface area contributed by atoms with Gasteiger partial charge in [-0.1, -0.05) is 24.3 Å². The van der Waals surface area contributed by atoms with Crippen LogP contribution >= 0.6 is 0 Å². The maximum absolute atomic E-state index is 12.4. The molecule has 0 unspecified atom stereocenters. The predicted octanol–water partition coefficient (Wildman–Crippen LogP) is 1.93. The van der Waals surface area contributed by atoms with E-state index in [0.29, 0.717) is 23.6 Å². The third-order valence-electron chi connectivity index (χ3n) is 3.97. The predicted molar refractivity (Wildman–Crippen MR) is 87.7 cm³/mol. The zero-order valence-corrected chi connectivity index (χ0v) is 13.5. The third kappa shape index (κ3) is 3.03. The molecule has 0 saturated carbocycles. The fourth-order valence-electron chi connectivity index (χ4n) is 2.67. The number of carbonyl (C=O) groups is 2. The number of hydrazine groups is 1. The highest BCUT2D eigenvalue weighted by atomic mass is 16.5. The largest absolute Gasteiger partial charge is 0.493 e. The molecule has 6 nitrogen and oxygen atoms in total. The summed E-state index contributed by atoms with van der Waals surface area (Å²) in [5.41, 5.74) is 5.08. The van der Waals surface area contributed by atoms with Crippen molar-refractivity contribution in [2.45, 2.75) is 13.0 Å². The summed E-state index contributed by atoms with van der Waals surface area (Å²) >= 11 is 0. The van der Waals surface area contributed by atoms with Crippen molar-refractivity contribution < 1.29 is 19.1 Å². The van der Waals surface area contributed by atoms with Crippen molar-refractivity contribution in [3.8, 4) is 11.5 Å². The Bertz CT molecular complexity index is 788. The van der Waals surface area contributed by atoms with Crippen LogP contribution in [0.3, 0.4) is 0 Å². The molecule has 0 aliphatic carbocycles. The molecule has 0 spiro atoms. The number of amides is 2. The van der Waals surface area contributed by atoms with Crippen LogP contribution in [0, 0.1) is 0 Å². The zero-order chi connectivity index (χ0) is 17.1. The molecule has 1 aliphatic rings. The molecule has 0 aromatic heterocycles. The number of hydrogen-bond acceptors (Lipinski definition) is 4. The van der Waals surface area contributed by atoms with E-state index in [1.54, 1.807) is 18.2 Å². The lowest BCUT2D eigenvalue weighted by molar-refractivity contribution is -0.134. The van der Waals surface area contributed by atoms with Gasteiger partial charge in [-0.2, -0.15) is 0 Å². The van der Waals surface area contributed by atoms with Crippen LogP contribution in [-0.2, 0) is 17.8 Å². The third-order valence-corrected chi connectivity index (χ3v) is 3.97. The van der Waals surface area contributed by atoms with Gasteiger partial charge < -0.3 is 9.47 Å². The number of methoxy groups -OCH3 is 2. The normalized spacial score (nSPS) is 13.2. The van der Waals surface area contributed by atoms with Crippen LogP contribution in [0.15, 0.2) is 42.5 Å². The second-order valence-electron chi connectivity index (χ2n) is 5.44. The second kappa shape index (κ2) is 6.62. The first-order valence-electron chi connectivity index (χ1n) is 7.52. The van der Waals surface area contributed by atoms with E-state index in [2.05, 4.69) is 5.43 Å². The highest BCUT2D eigenvalue weighted by Crippen LogP contribution is 2.27. The molecule has 0 atom stereocenters. The fraction of sp³-hybridized carbons (Fsp3) is 0.222. The first-order chi connectivity index (χ1) is 11.6. The van der Waals surface area contributed by atoms with Crippen molar-refractivity contribution in [2.24, 2.45) is 0 Å². The Morgan fingerprint density at radius 2 is 1.75 bits per heavy atom. The van der Waals surface area contributed by atoms with Crippen LogP contribution in [0.4, 0.5) is 0 Å². The smallest absolute Gasteiger partial charge is 0.270 e. The molecule has 0 fully saturated rings. The van der Waals surface area contributed by atoms with Crippen molar-refractivity contribution in [1.29, 1.82) is 0 Å². The van der Waals surface area contributed by atoms with E-state index in [-0.39, 0.29) is 18.2 Å². The van der Waals surface area contributed by atoms with Gasteiger partial charge in [0.15, 0.2) is 11.5 Å². The van der Waals surface area contributed by atoms with E-state index in [1.165, 1.54) is 19.2 Å². The molecule has 0 saturated heterocycles. The summed E-state index contributed by atoms with van der Waals surface area (Å²) in [6.45, 7) is 0.355. The summed E-state index contributed by atoms with van der Waals surface area (Å²) in [4.78, 5) is 24.7. The Labute approximate surface area is 140 Å². The maximum atomic E-state index is 12.4. The van der Waals surface area contributed by atoms with Gasteiger partial charge in [0.1, 0.15) is 0 Å². The van der Waals surface area contributed by atoms with Crippen LogP contribution < -0.4 is 14.9 Å². The second-order valence-corrected chi connectivity index (χ2v) is 5.44. The molecular formula is C18H18N2O4. The van der Waals surface area contributed by atoms with Crippen molar-refractivity contribution in [2.75, 3.05) is 14.2 Å². The quantitative estimate of drug-likeness (QED) is 0.932. The topological polar surface area (TPSA) is 67.9 Å². The summed E-state index contributed by atoms with van der Waals surface area (Å²) in [7, 11) is 3.03. The van der Waals surface area contributed by atoms with Crippen LogP contribution in [0.25, 0.3) is 0 Å². The maximum Gasteiger partial charge on any atom is 0.270 e. The monoisotopic (exact) mass is 326 g/mol. The van der Waals surface area contributed by atoms with Crippen molar-refractivity contribution in [1.82, 2.24) is 10.4 Å². The van der Waals surface area contributed by atoms with E-state index in [9.17, 15) is 9.59 Å². The molecule has 1 N–H and O–H groups in total. The molecule has 2 aromatic rings. The van der Waals surface area contributed by atoms with E-state index in [1.807, 2.05) is 24.3 Å². The molecule has 2 aromatic carbocycles. The minimum atomic E-state index is -0.372. The van der Waals surface area contributed by atoms with Gasteiger partial charge in [-0.15, -0.1) is 0 Å². The molecule has 0 bridgehead atoms. The van der Waals surface area contributed by atoms with E-state index in [4.69, 9.17) is 9.47 Å². The van der Waals surface area contributed by atoms with Crippen LogP contribution in [0.5, 0.6) is 11.5 Å². The lowest BCUT2D eigenvalue weighted by Crippen LogP contribution is -2.48. The number of nitrogens with zero attached hydrogens (tertiary/aromatic N) is 1. The summed E-state index contributed by atoms with van der Waals surface area (Å²) in [6.07, 6.45) is 0.280. The molecule has 0 radical (unpaired) electrons. The van der Waals surface area contributed by atoms with Gasteiger partial charge in [0.2, 0.25) is 5.91 Å². The van der Waals surface area contributed by atoms with Crippen molar-refractivity contribution in [3.63, 3.8) is 0 Å².